The van der Waals surface area contributed by atoms with Gasteiger partial charge in [-0.3, -0.25) is 0 Å². The van der Waals surface area contributed by atoms with E-state index in [2.05, 4.69) is 19.2 Å². The number of aliphatic hydroxyl groups is 1. The quantitative estimate of drug-likeness (QED) is 0.721. The van der Waals surface area contributed by atoms with E-state index in [9.17, 15) is 5.11 Å². The van der Waals surface area contributed by atoms with Crippen molar-refractivity contribution in [3.05, 3.63) is 0 Å². The average Bonchev–Trinajstić information content (AvgIpc) is 2.29. The van der Waals surface area contributed by atoms with Crippen molar-refractivity contribution in [3.63, 3.8) is 0 Å². The summed E-state index contributed by atoms with van der Waals surface area (Å²) in [6.45, 7) is 8.62. The van der Waals surface area contributed by atoms with Crippen LogP contribution in [0.3, 0.4) is 0 Å². The molecule has 1 atom stereocenters. The summed E-state index contributed by atoms with van der Waals surface area (Å²) in [7, 11) is 0. The summed E-state index contributed by atoms with van der Waals surface area (Å²) in [5.74, 6) is 0.536. The Bertz CT molecular complexity index is 200. The number of nitrogens with one attached hydrogen (secondary N) is 1. The van der Waals surface area contributed by atoms with Crippen molar-refractivity contribution >= 4 is 0 Å². The molecule has 1 saturated carbocycles. The Morgan fingerprint density at radius 1 is 1.24 bits per heavy atom. The largest absolute Gasteiger partial charge is 0.389 e. The summed E-state index contributed by atoms with van der Waals surface area (Å²) in [4.78, 5) is 0. The minimum absolute atomic E-state index is 0.348. The minimum Gasteiger partial charge on any atom is -0.389 e. The Balaban J connectivity index is 2.34. The van der Waals surface area contributed by atoms with Gasteiger partial charge in [-0.05, 0) is 25.7 Å². The molecule has 3 heteroatoms. The zero-order chi connectivity index (χ0) is 12.7. The molecule has 1 rings (SSSR count). The van der Waals surface area contributed by atoms with Gasteiger partial charge in [-0.25, -0.2) is 0 Å². The van der Waals surface area contributed by atoms with E-state index in [0.717, 1.165) is 38.9 Å². The first-order valence-electron chi connectivity index (χ1n) is 7.11. The second-order valence-electron chi connectivity index (χ2n) is 5.68. The highest BCUT2D eigenvalue weighted by Gasteiger charge is 2.29. The Morgan fingerprint density at radius 2 is 1.88 bits per heavy atom. The first kappa shape index (κ1) is 14.9. The normalized spacial score (nSPS) is 21.7. The molecule has 1 aliphatic carbocycles. The van der Waals surface area contributed by atoms with Crippen molar-refractivity contribution < 1.29 is 9.84 Å². The highest BCUT2D eigenvalue weighted by molar-refractivity contribution is 4.86. The molecular formula is C14H29NO2. The fourth-order valence-electron chi connectivity index (χ4n) is 2.44. The van der Waals surface area contributed by atoms with E-state index in [1.54, 1.807) is 0 Å². The molecule has 2 N–H and O–H groups in total. The van der Waals surface area contributed by atoms with Crippen LogP contribution in [0.5, 0.6) is 0 Å². The van der Waals surface area contributed by atoms with Crippen molar-refractivity contribution in [3.8, 4) is 0 Å². The zero-order valence-electron chi connectivity index (χ0n) is 11.7. The van der Waals surface area contributed by atoms with E-state index >= 15 is 0 Å². The van der Waals surface area contributed by atoms with Crippen molar-refractivity contribution in [2.45, 2.75) is 64.5 Å². The van der Waals surface area contributed by atoms with Crippen LogP contribution in [0.2, 0.25) is 0 Å². The van der Waals surface area contributed by atoms with Crippen LogP contribution in [0.25, 0.3) is 0 Å². The fourth-order valence-corrected chi connectivity index (χ4v) is 2.44. The Labute approximate surface area is 106 Å². The Morgan fingerprint density at radius 3 is 2.41 bits per heavy atom. The maximum atomic E-state index is 10.4. The summed E-state index contributed by atoms with van der Waals surface area (Å²) in [6.07, 6.45) is 5.49. The first-order valence-corrected chi connectivity index (χ1v) is 7.11. The molecule has 102 valence electrons. The third-order valence-corrected chi connectivity index (χ3v) is 3.78. The van der Waals surface area contributed by atoms with Gasteiger partial charge in [0, 0.05) is 19.2 Å². The summed E-state index contributed by atoms with van der Waals surface area (Å²) < 4.78 is 5.49. The smallest absolute Gasteiger partial charge is 0.0771 e. The van der Waals surface area contributed by atoms with Crippen molar-refractivity contribution in [2.75, 3.05) is 19.8 Å². The van der Waals surface area contributed by atoms with Crippen molar-refractivity contribution in [1.29, 1.82) is 0 Å². The monoisotopic (exact) mass is 243 g/mol. The Hall–Kier alpha value is -0.120. The predicted molar refractivity (Wildman–Crippen MR) is 71.2 cm³/mol. The molecule has 0 bridgehead atoms. The molecule has 0 saturated heterocycles. The van der Waals surface area contributed by atoms with E-state index in [0.29, 0.717) is 18.5 Å². The summed E-state index contributed by atoms with van der Waals surface area (Å²) in [5, 5.41) is 13.9. The molecular weight excluding hydrogens is 214 g/mol. The lowest BCUT2D eigenvalue weighted by Crippen LogP contribution is -2.48. The van der Waals surface area contributed by atoms with Gasteiger partial charge in [0.15, 0.2) is 0 Å². The van der Waals surface area contributed by atoms with Crippen molar-refractivity contribution in [1.82, 2.24) is 5.32 Å². The van der Waals surface area contributed by atoms with Crippen LogP contribution < -0.4 is 5.32 Å². The maximum absolute atomic E-state index is 10.4. The van der Waals surface area contributed by atoms with E-state index < -0.39 is 5.60 Å². The molecule has 0 aromatic rings. The third kappa shape index (κ3) is 5.36. The van der Waals surface area contributed by atoms with Crippen LogP contribution in [0, 0.1) is 5.92 Å². The summed E-state index contributed by atoms with van der Waals surface area (Å²) in [6, 6.07) is 0.348. The maximum Gasteiger partial charge on any atom is 0.0771 e. The molecule has 0 aromatic heterocycles. The summed E-state index contributed by atoms with van der Waals surface area (Å²) >= 11 is 0. The molecule has 1 aliphatic rings. The highest BCUT2D eigenvalue weighted by atomic mass is 16.5. The van der Waals surface area contributed by atoms with Gasteiger partial charge in [-0.15, -0.1) is 0 Å². The van der Waals surface area contributed by atoms with E-state index in [1.807, 2.05) is 6.92 Å². The lowest BCUT2D eigenvalue weighted by molar-refractivity contribution is -0.00277. The van der Waals surface area contributed by atoms with E-state index in [-0.39, 0.29) is 0 Å². The highest BCUT2D eigenvalue weighted by Crippen LogP contribution is 2.27. The average molecular weight is 243 g/mol. The second kappa shape index (κ2) is 7.34. The zero-order valence-corrected chi connectivity index (χ0v) is 11.7. The second-order valence-corrected chi connectivity index (χ2v) is 5.68. The van der Waals surface area contributed by atoms with Gasteiger partial charge >= 0.3 is 0 Å². The number of ether oxygens (including phenoxy) is 1. The minimum atomic E-state index is -0.475. The molecule has 0 amide bonds. The molecule has 1 unspecified atom stereocenters. The molecule has 0 heterocycles. The van der Waals surface area contributed by atoms with Gasteiger partial charge in [-0.2, -0.15) is 0 Å². The van der Waals surface area contributed by atoms with Crippen LogP contribution in [0.4, 0.5) is 0 Å². The third-order valence-electron chi connectivity index (χ3n) is 3.78. The topological polar surface area (TPSA) is 41.5 Å². The van der Waals surface area contributed by atoms with Crippen LogP contribution in [-0.4, -0.2) is 36.5 Å². The van der Waals surface area contributed by atoms with E-state index in [4.69, 9.17) is 4.74 Å². The first-order chi connectivity index (χ1) is 8.07. The standard InChI is InChI=1S/C14H29NO2/c1-4-17-10-13(12(2)3)15-11-14(16)8-6-5-7-9-14/h12-13,15-16H,4-11H2,1-3H3. The Kier molecular flexibility index (Phi) is 6.45. The van der Waals surface area contributed by atoms with E-state index in [1.165, 1.54) is 6.42 Å². The molecule has 17 heavy (non-hydrogen) atoms. The molecule has 3 nitrogen and oxygen atoms in total. The number of rotatable bonds is 7. The van der Waals surface area contributed by atoms with Gasteiger partial charge in [0.05, 0.1) is 12.2 Å². The molecule has 0 aromatic carbocycles. The van der Waals surface area contributed by atoms with Crippen LogP contribution >= 0.6 is 0 Å². The van der Waals surface area contributed by atoms with Crippen molar-refractivity contribution in [2.24, 2.45) is 5.92 Å². The number of hydrogen-bond donors (Lipinski definition) is 2. The molecule has 1 fully saturated rings. The van der Waals surface area contributed by atoms with Crippen LogP contribution in [-0.2, 0) is 4.74 Å². The van der Waals surface area contributed by atoms with Gasteiger partial charge in [0.25, 0.3) is 0 Å². The molecule has 0 aliphatic heterocycles. The summed E-state index contributed by atoms with van der Waals surface area (Å²) in [5.41, 5.74) is -0.475. The molecule has 0 radical (unpaired) electrons. The van der Waals surface area contributed by atoms with Gasteiger partial charge < -0.3 is 15.2 Å². The van der Waals surface area contributed by atoms with Gasteiger partial charge in [0.1, 0.15) is 0 Å². The van der Waals surface area contributed by atoms with Gasteiger partial charge in [0.2, 0.25) is 0 Å². The lowest BCUT2D eigenvalue weighted by atomic mass is 9.84. The predicted octanol–water partition coefficient (Wildman–Crippen LogP) is 2.33. The fraction of sp³-hybridized carbons (Fsp3) is 1.00. The number of hydrogen-bond acceptors (Lipinski definition) is 3. The lowest BCUT2D eigenvalue weighted by Gasteiger charge is -2.34. The van der Waals surface area contributed by atoms with Crippen LogP contribution in [0.1, 0.15) is 52.9 Å². The molecule has 0 spiro atoms. The SMILES string of the molecule is CCOCC(NCC1(O)CCCCC1)C(C)C. The van der Waals surface area contributed by atoms with Gasteiger partial charge in [-0.1, -0.05) is 33.1 Å². The van der Waals surface area contributed by atoms with Crippen LogP contribution in [0.15, 0.2) is 0 Å².